The zero-order chi connectivity index (χ0) is 21.8. The van der Waals surface area contributed by atoms with Crippen LogP contribution in [0.4, 0.5) is 10.2 Å². The molecule has 30 heavy (non-hydrogen) atoms. The molecule has 1 unspecified atom stereocenters. The number of aromatic nitrogens is 2. The van der Waals surface area contributed by atoms with Crippen LogP contribution in [0.15, 0.2) is 30.2 Å². The average Bonchev–Trinajstić information content (AvgIpc) is 3.29. The molecular formula is C21H24FN5O3. The summed E-state index contributed by atoms with van der Waals surface area (Å²) < 4.78 is 25.2. The number of amides is 1. The zero-order valence-electron chi connectivity index (χ0n) is 17.1. The standard InChI is InChI=1S/C21H24FN5O3/c1-13(22)11-26-7-6-15(12-26)27-20(23)19(21(24)28)18(25-27)5-4-14-8-16(29-2)10-17(9-14)30-3/h8-11,15H,6-7,12,23H2,1-3H3,(H2,24,28). The molecule has 2 heterocycles. The highest BCUT2D eigenvalue weighted by atomic mass is 19.1. The highest BCUT2D eigenvalue weighted by Crippen LogP contribution is 2.28. The second kappa shape index (κ2) is 8.78. The van der Waals surface area contributed by atoms with E-state index >= 15 is 0 Å². The first-order valence-electron chi connectivity index (χ1n) is 9.33. The van der Waals surface area contributed by atoms with Crippen LogP contribution in [0.1, 0.15) is 41.0 Å². The van der Waals surface area contributed by atoms with Crippen LogP contribution in [0, 0.1) is 11.8 Å². The van der Waals surface area contributed by atoms with Crippen molar-refractivity contribution < 1.29 is 18.7 Å². The normalized spacial score (nSPS) is 16.2. The molecule has 2 aromatic rings. The number of nitrogens with two attached hydrogens (primary N) is 2. The minimum absolute atomic E-state index is 0.0769. The predicted molar refractivity (Wildman–Crippen MR) is 111 cm³/mol. The number of ether oxygens (including phenoxy) is 2. The van der Waals surface area contributed by atoms with Crippen molar-refractivity contribution in [1.29, 1.82) is 0 Å². The van der Waals surface area contributed by atoms with Crippen molar-refractivity contribution in [3.05, 3.63) is 47.0 Å². The molecule has 9 heteroatoms. The van der Waals surface area contributed by atoms with Crippen LogP contribution in [0.2, 0.25) is 0 Å². The van der Waals surface area contributed by atoms with E-state index in [1.54, 1.807) is 37.1 Å². The van der Waals surface area contributed by atoms with Crippen molar-refractivity contribution in [3.63, 3.8) is 0 Å². The highest BCUT2D eigenvalue weighted by molar-refractivity contribution is 5.99. The van der Waals surface area contributed by atoms with E-state index in [1.807, 2.05) is 4.90 Å². The third kappa shape index (κ3) is 4.49. The lowest BCUT2D eigenvalue weighted by Crippen LogP contribution is -2.19. The fourth-order valence-electron chi connectivity index (χ4n) is 3.40. The summed E-state index contributed by atoms with van der Waals surface area (Å²) in [5.41, 5.74) is 12.6. The molecular weight excluding hydrogens is 389 g/mol. The first kappa shape index (κ1) is 21.0. The molecule has 1 aliphatic rings. The number of likely N-dealkylation sites (tertiary alicyclic amines) is 1. The van der Waals surface area contributed by atoms with Crippen LogP contribution >= 0.6 is 0 Å². The third-order valence-electron chi connectivity index (χ3n) is 4.77. The van der Waals surface area contributed by atoms with Gasteiger partial charge in [-0.15, -0.1) is 0 Å². The maximum Gasteiger partial charge on any atom is 0.255 e. The van der Waals surface area contributed by atoms with E-state index in [4.69, 9.17) is 20.9 Å². The van der Waals surface area contributed by atoms with Gasteiger partial charge in [0.25, 0.3) is 5.91 Å². The van der Waals surface area contributed by atoms with E-state index in [0.29, 0.717) is 36.6 Å². The molecule has 158 valence electrons. The third-order valence-corrected chi connectivity index (χ3v) is 4.77. The quantitative estimate of drug-likeness (QED) is 0.727. The molecule has 1 aliphatic heterocycles. The number of hydrogen-bond acceptors (Lipinski definition) is 6. The van der Waals surface area contributed by atoms with Gasteiger partial charge in [0.15, 0.2) is 5.69 Å². The molecule has 1 amide bonds. The van der Waals surface area contributed by atoms with Gasteiger partial charge in [0.05, 0.1) is 20.3 Å². The number of methoxy groups -OCH3 is 2. The van der Waals surface area contributed by atoms with Gasteiger partial charge in [0, 0.05) is 30.9 Å². The summed E-state index contributed by atoms with van der Waals surface area (Å²) in [6.07, 6.45) is 2.15. The van der Waals surface area contributed by atoms with Crippen LogP contribution in [-0.2, 0) is 0 Å². The zero-order valence-corrected chi connectivity index (χ0v) is 17.1. The summed E-state index contributed by atoms with van der Waals surface area (Å²) in [6.45, 7) is 2.56. The maximum absolute atomic E-state index is 13.2. The number of nitrogens with zero attached hydrogens (tertiary/aromatic N) is 3. The molecule has 0 bridgehead atoms. The number of hydrogen-bond donors (Lipinski definition) is 2. The van der Waals surface area contributed by atoms with Gasteiger partial charge in [-0.05, 0) is 31.4 Å². The molecule has 1 aromatic heterocycles. The number of benzene rings is 1. The Morgan fingerprint density at radius 1 is 1.27 bits per heavy atom. The van der Waals surface area contributed by atoms with Crippen molar-refractivity contribution in [1.82, 2.24) is 14.7 Å². The van der Waals surface area contributed by atoms with Crippen LogP contribution in [0.25, 0.3) is 0 Å². The van der Waals surface area contributed by atoms with E-state index in [9.17, 15) is 9.18 Å². The molecule has 3 rings (SSSR count). The minimum atomic E-state index is -0.708. The Balaban J connectivity index is 1.96. The summed E-state index contributed by atoms with van der Waals surface area (Å²) in [6, 6.07) is 5.08. The van der Waals surface area contributed by atoms with Gasteiger partial charge in [0.2, 0.25) is 0 Å². The van der Waals surface area contributed by atoms with Gasteiger partial charge in [-0.1, -0.05) is 5.92 Å². The molecule has 1 aromatic carbocycles. The van der Waals surface area contributed by atoms with Gasteiger partial charge >= 0.3 is 0 Å². The molecule has 8 nitrogen and oxygen atoms in total. The lowest BCUT2D eigenvalue weighted by atomic mass is 10.1. The Kier molecular flexibility index (Phi) is 6.16. The molecule has 0 aliphatic carbocycles. The minimum Gasteiger partial charge on any atom is -0.497 e. The molecule has 1 atom stereocenters. The lowest BCUT2D eigenvalue weighted by molar-refractivity contribution is 0.100. The Morgan fingerprint density at radius 2 is 1.93 bits per heavy atom. The fraction of sp³-hybridized carbons (Fsp3) is 0.333. The van der Waals surface area contributed by atoms with Crippen molar-refractivity contribution >= 4 is 11.7 Å². The van der Waals surface area contributed by atoms with E-state index < -0.39 is 5.91 Å². The number of anilines is 1. The van der Waals surface area contributed by atoms with E-state index in [0.717, 1.165) is 0 Å². The summed E-state index contributed by atoms with van der Waals surface area (Å²) in [4.78, 5) is 13.9. The highest BCUT2D eigenvalue weighted by Gasteiger charge is 2.28. The van der Waals surface area contributed by atoms with Crippen LogP contribution < -0.4 is 20.9 Å². The smallest absolute Gasteiger partial charge is 0.255 e. The van der Waals surface area contributed by atoms with E-state index in [-0.39, 0.29) is 28.9 Å². The number of carbonyl (C=O) groups is 1. The number of rotatable bonds is 5. The fourth-order valence-corrected chi connectivity index (χ4v) is 3.40. The second-order valence-electron chi connectivity index (χ2n) is 6.92. The average molecular weight is 413 g/mol. The van der Waals surface area contributed by atoms with Gasteiger partial charge in [-0.3, -0.25) is 4.79 Å². The Bertz CT molecular complexity index is 1020. The molecule has 1 saturated heterocycles. The largest absolute Gasteiger partial charge is 0.497 e. The van der Waals surface area contributed by atoms with Crippen LogP contribution in [0.3, 0.4) is 0 Å². The topological polar surface area (TPSA) is 109 Å². The maximum atomic E-state index is 13.2. The van der Waals surface area contributed by atoms with Crippen molar-refractivity contribution in [3.8, 4) is 23.3 Å². The monoisotopic (exact) mass is 413 g/mol. The second-order valence-corrected chi connectivity index (χ2v) is 6.92. The van der Waals surface area contributed by atoms with Gasteiger partial charge in [-0.25, -0.2) is 9.07 Å². The number of halogens is 1. The lowest BCUT2D eigenvalue weighted by Gasteiger charge is -2.14. The first-order valence-corrected chi connectivity index (χ1v) is 9.33. The molecule has 0 spiro atoms. The van der Waals surface area contributed by atoms with E-state index in [2.05, 4.69) is 16.9 Å². The van der Waals surface area contributed by atoms with E-state index in [1.165, 1.54) is 13.1 Å². The number of carbonyl (C=O) groups excluding carboxylic acids is 1. The predicted octanol–water partition coefficient (Wildman–Crippen LogP) is 2.06. The Morgan fingerprint density at radius 3 is 2.50 bits per heavy atom. The van der Waals surface area contributed by atoms with Crippen molar-refractivity contribution in [2.45, 2.75) is 19.4 Å². The molecule has 1 fully saturated rings. The Labute approximate surface area is 174 Å². The summed E-state index contributed by atoms with van der Waals surface area (Å²) in [5, 5.41) is 4.44. The Hall–Kier alpha value is -3.67. The number of nitrogen functional groups attached to an aromatic ring is 1. The number of primary amides is 1. The first-order chi connectivity index (χ1) is 14.3. The molecule has 0 radical (unpaired) electrons. The van der Waals surface area contributed by atoms with Crippen LogP contribution in [-0.4, -0.2) is 47.9 Å². The molecule has 4 N–H and O–H groups in total. The van der Waals surface area contributed by atoms with Gasteiger partial charge in [-0.2, -0.15) is 5.10 Å². The van der Waals surface area contributed by atoms with Crippen LogP contribution in [0.5, 0.6) is 11.5 Å². The SMILES string of the molecule is COc1cc(C#Cc2nn(C3CCN(C=C(C)F)C3)c(N)c2C(N)=O)cc(OC)c1. The van der Waals surface area contributed by atoms with Gasteiger partial charge in [0.1, 0.15) is 28.7 Å². The summed E-state index contributed by atoms with van der Waals surface area (Å²) in [5.74, 6) is 6.18. The van der Waals surface area contributed by atoms with Crippen molar-refractivity contribution in [2.24, 2.45) is 5.73 Å². The van der Waals surface area contributed by atoms with Crippen molar-refractivity contribution in [2.75, 3.05) is 33.0 Å². The number of allylic oxidation sites excluding steroid dienone is 1. The summed E-state index contributed by atoms with van der Waals surface area (Å²) in [7, 11) is 3.09. The van der Waals surface area contributed by atoms with Gasteiger partial charge < -0.3 is 25.8 Å². The summed E-state index contributed by atoms with van der Waals surface area (Å²) >= 11 is 0. The molecule has 0 saturated carbocycles.